The van der Waals surface area contributed by atoms with Crippen LogP contribution in [0.3, 0.4) is 0 Å². The smallest absolute Gasteiger partial charge is 0.261 e. The van der Waals surface area contributed by atoms with Gasteiger partial charge in [-0.1, -0.05) is 6.07 Å². The highest BCUT2D eigenvalue weighted by molar-refractivity contribution is 6.00. The standard InChI is InChI=1S/C22H23F2N3O3/c1-29-16-7-5-8-17(30-2)19(16)22(28)27-11-4-3-6-13(27)12-18-25-15-10-9-14(23)20(24)21(15)26-18/h5,7-10,13H,3-4,6,11-12H2,1-2H3,(H,25,26). The van der Waals surface area contributed by atoms with E-state index in [1.807, 2.05) is 0 Å². The van der Waals surface area contributed by atoms with Gasteiger partial charge in [-0.2, -0.15) is 0 Å². The number of aromatic amines is 1. The maximum atomic E-state index is 14.0. The zero-order valence-corrected chi connectivity index (χ0v) is 16.9. The minimum absolute atomic E-state index is 0.0231. The fourth-order valence-corrected chi connectivity index (χ4v) is 4.07. The molecule has 8 heteroatoms. The van der Waals surface area contributed by atoms with Crippen molar-refractivity contribution in [3.8, 4) is 11.5 Å². The van der Waals surface area contributed by atoms with Crippen LogP contribution in [-0.2, 0) is 6.42 Å². The summed E-state index contributed by atoms with van der Waals surface area (Å²) in [7, 11) is 3.03. The van der Waals surface area contributed by atoms with Crippen molar-refractivity contribution in [3.63, 3.8) is 0 Å². The normalized spacial score (nSPS) is 16.7. The first-order valence-electron chi connectivity index (χ1n) is 9.88. The van der Waals surface area contributed by atoms with Gasteiger partial charge in [0.1, 0.15) is 28.4 Å². The van der Waals surface area contributed by atoms with Gasteiger partial charge >= 0.3 is 0 Å². The number of H-pyrrole nitrogens is 1. The van der Waals surface area contributed by atoms with Gasteiger partial charge < -0.3 is 19.4 Å². The topological polar surface area (TPSA) is 67.5 Å². The first-order chi connectivity index (χ1) is 14.5. The Hall–Kier alpha value is -3.16. The molecule has 2 aromatic carbocycles. The molecule has 0 aliphatic carbocycles. The van der Waals surface area contributed by atoms with Gasteiger partial charge in [-0.25, -0.2) is 13.8 Å². The molecule has 1 unspecified atom stereocenters. The number of halogens is 2. The molecule has 1 fully saturated rings. The van der Waals surface area contributed by atoms with Crippen LogP contribution in [0.5, 0.6) is 11.5 Å². The SMILES string of the molecule is COc1cccc(OC)c1C(=O)N1CCCCC1Cc1nc2c(F)c(F)ccc2[nH]1. The lowest BCUT2D eigenvalue weighted by Gasteiger charge is -2.36. The summed E-state index contributed by atoms with van der Waals surface area (Å²) in [6.45, 7) is 0.591. The summed E-state index contributed by atoms with van der Waals surface area (Å²) in [6.07, 6.45) is 3.07. The van der Waals surface area contributed by atoms with E-state index in [4.69, 9.17) is 9.47 Å². The van der Waals surface area contributed by atoms with Crippen LogP contribution in [0.15, 0.2) is 30.3 Å². The van der Waals surface area contributed by atoms with E-state index in [0.717, 1.165) is 25.3 Å². The van der Waals surface area contributed by atoms with E-state index in [0.29, 0.717) is 41.4 Å². The Morgan fingerprint density at radius 1 is 1.17 bits per heavy atom. The first-order valence-corrected chi connectivity index (χ1v) is 9.88. The van der Waals surface area contributed by atoms with Crippen molar-refractivity contribution in [2.75, 3.05) is 20.8 Å². The molecule has 0 radical (unpaired) electrons. The van der Waals surface area contributed by atoms with Gasteiger partial charge in [-0.15, -0.1) is 0 Å². The summed E-state index contributed by atoms with van der Waals surface area (Å²) in [5.41, 5.74) is 0.793. The largest absolute Gasteiger partial charge is 0.496 e. The second kappa shape index (κ2) is 8.30. The van der Waals surface area contributed by atoms with E-state index in [9.17, 15) is 13.6 Å². The lowest BCUT2D eigenvalue weighted by atomic mass is 9.97. The summed E-state index contributed by atoms with van der Waals surface area (Å²) in [5, 5.41) is 0. The number of hydrogen-bond donors (Lipinski definition) is 1. The van der Waals surface area contributed by atoms with Crippen molar-refractivity contribution in [2.45, 2.75) is 31.7 Å². The summed E-state index contributed by atoms with van der Waals surface area (Å²) in [6, 6.07) is 7.63. The number of rotatable bonds is 5. The number of ether oxygens (including phenoxy) is 2. The van der Waals surface area contributed by atoms with Crippen LogP contribution in [0.4, 0.5) is 8.78 Å². The predicted molar refractivity (Wildman–Crippen MR) is 108 cm³/mol. The number of methoxy groups -OCH3 is 2. The average molecular weight is 415 g/mol. The highest BCUT2D eigenvalue weighted by Crippen LogP contribution is 2.32. The number of aromatic nitrogens is 2. The molecule has 3 aromatic rings. The van der Waals surface area contributed by atoms with Crippen LogP contribution in [0.25, 0.3) is 11.0 Å². The molecule has 158 valence electrons. The fraction of sp³-hybridized carbons (Fsp3) is 0.364. The Labute approximate surface area is 172 Å². The molecule has 30 heavy (non-hydrogen) atoms. The molecule has 6 nitrogen and oxygen atoms in total. The van der Waals surface area contributed by atoms with Crippen LogP contribution < -0.4 is 9.47 Å². The van der Waals surface area contributed by atoms with E-state index in [-0.39, 0.29) is 17.5 Å². The molecule has 0 bridgehead atoms. The van der Waals surface area contributed by atoms with Crippen molar-refractivity contribution in [3.05, 3.63) is 53.4 Å². The Bertz CT molecular complexity index is 1060. The van der Waals surface area contributed by atoms with E-state index in [1.54, 1.807) is 23.1 Å². The molecule has 1 aliphatic heterocycles. The molecular formula is C22H23F2N3O3. The summed E-state index contributed by atoms with van der Waals surface area (Å²) < 4.78 is 38.3. The number of fused-ring (bicyclic) bond motifs is 1. The fourth-order valence-electron chi connectivity index (χ4n) is 4.07. The van der Waals surface area contributed by atoms with Gasteiger partial charge in [-0.3, -0.25) is 4.79 Å². The van der Waals surface area contributed by atoms with Crippen molar-refractivity contribution in [1.82, 2.24) is 14.9 Å². The number of nitrogens with one attached hydrogen (secondary N) is 1. The molecule has 1 aliphatic rings. The first kappa shape index (κ1) is 20.1. The van der Waals surface area contributed by atoms with Gasteiger partial charge in [0, 0.05) is 19.0 Å². The number of benzene rings is 2. The average Bonchev–Trinajstić information content (AvgIpc) is 3.19. The second-order valence-electron chi connectivity index (χ2n) is 7.33. The van der Waals surface area contributed by atoms with E-state index in [1.165, 1.54) is 20.3 Å². The van der Waals surface area contributed by atoms with Crippen LogP contribution in [0.1, 0.15) is 35.4 Å². The third-order valence-corrected chi connectivity index (χ3v) is 5.55. The zero-order chi connectivity index (χ0) is 21.3. The molecule has 1 amide bonds. The number of hydrogen-bond acceptors (Lipinski definition) is 4. The minimum atomic E-state index is -0.967. The predicted octanol–water partition coefficient (Wildman–Crippen LogP) is 4.10. The number of imidazole rings is 1. The molecule has 4 rings (SSSR count). The number of amides is 1. The third-order valence-electron chi connectivity index (χ3n) is 5.55. The van der Waals surface area contributed by atoms with Gasteiger partial charge in [0.2, 0.25) is 0 Å². The third kappa shape index (κ3) is 3.58. The molecule has 1 atom stereocenters. The van der Waals surface area contributed by atoms with Crippen LogP contribution in [-0.4, -0.2) is 47.6 Å². The molecule has 0 saturated carbocycles. The molecule has 0 spiro atoms. The summed E-state index contributed by atoms with van der Waals surface area (Å²) >= 11 is 0. The highest BCUT2D eigenvalue weighted by atomic mass is 19.2. The monoisotopic (exact) mass is 415 g/mol. The van der Waals surface area contributed by atoms with Gasteiger partial charge in [0.15, 0.2) is 11.6 Å². The van der Waals surface area contributed by atoms with Crippen molar-refractivity contribution in [1.29, 1.82) is 0 Å². The maximum Gasteiger partial charge on any atom is 0.261 e. The van der Waals surface area contributed by atoms with Crippen LogP contribution in [0, 0.1) is 11.6 Å². The number of likely N-dealkylation sites (tertiary alicyclic amines) is 1. The number of carbonyl (C=O) groups excluding carboxylic acids is 1. The lowest BCUT2D eigenvalue weighted by molar-refractivity contribution is 0.0604. The maximum absolute atomic E-state index is 14.0. The Balaban J connectivity index is 1.64. The summed E-state index contributed by atoms with van der Waals surface area (Å²) in [5.74, 6) is -0.660. The molecule has 2 heterocycles. The summed E-state index contributed by atoms with van der Waals surface area (Å²) in [4.78, 5) is 22.5. The lowest BCUT2D eigenvalue weighted by Crippen LogP contribution is -2.45. The molecule has 1 aromatic heterocycles. The van der Waals surface area contributed by atoms with Crippen molar-refractivity contribution >= 4 is 16.9 Å². The number of piperidine rings is 1. The number of carbonyl (C=O) groups is 1. The molecule has 1 saturated heterocycles. The Morgan fingerprint density at radius 2 is 1.90 bits per heavy atom. The Kier molecular flexibility index (Phi) is 5.57. The van der Waals surface area contributed by atoms with Crippen molar-refractivity contribution in [2.24, 2.45) is 0 Å². The van der Waals surface area contributed by atoms with Crippen LogP contribution >= 0.6 is 0 Å². The van der Waals surface area contributed by atoms with E-state index < -0.39 is 11.6 Å². The molecule has 1 N–H and O–H groups in total. The van der Waals surface area contributed by atoms with Gasteiger partial charge in [0.05, 0.1) is 19.7 Å². The Morgan fingerprint density at radius 3 is 2.60 bits per heavy atom. The van der Waals surface area contributed by atoms with E-state index in [2.05, 4.69) is 9.97 Å². The highest BCUT2D eigenvalue weighted by Gasteiger charge is 2.32. The molecular weight excluding hydrogens is 392 g/mol. The quantitative estimate of drug-likeness (QED) is 0.682. The van der Waals surface area contributed by atoms with Crippen LogP contribution in [0.2, 0.25) is 0 Å². The van der Waals surface area contributed by atoms with Gasteiger partial charge in [-0.05, 0) is 43.5 Å². The number of nitrogens with zero attached hydrogens (tertiary/aromatic N) is 2. The zero-order valence-electron chi connectivity index (χ0n) is 16.9. The van der Waals surface area contributed by atoms with Gasteiger partial charge in [0.25, 0.3) is 5.91 Å². The van der Waals surface area contributed by atoms with Crippen molar-refractivity contribution < 1.29 is 23.0 Å². The van der Waals surface area contributed by atoms with E-state index >= 15 is 0 Å². The minimum Gasteiger partial charge on any atom is -0.496 e. The second-order valence-corrected chi connectivity index (χ2v) is 7.33.